The molecule has 1 aliphatic carbocycles. The largest absolute Gasteiger partial charge is 0.458 e. The lowest BCUT2D eigenvalue weighted by molar-refractivity contribution is -0.157. The Labute approximate surface area is 327 Å². The highest BCUT2D eigenvalue weighted by atomic mass is 32.2. The van der Waals surface area contributed by atoms with E-state index in [0.717, 1.165) is 37.5 Å². The molecule has 1 aromatic heterocycles. The number of likely N-dealkylation sites (tertiary alicyclic amines) is 1. The van der Waals surface area contributed by atoms with Crippen molar-refractivity contribution < 1.29 is 32.3 Å². The molecule has 2 fully saturated rings. The molecule has 1 aromatic carbocycles. The molecule has 55 heavy (non-hydrogen) atoms. The van der Waals surface area contributed by atoms with Crippen LogP contribution in [0.1, 0.15) is 96.5 Å². The average molecular weight is 783 g/mol. The van der Waals surface area contributed by atoms with E-state index in [-0.39, 0.29) is 30.4 Å². The number of ether oxygens (including phenoxy) is 1. The lowest BCUT2D eigenvalue weighted by Gasteiger charge is -2.47. The third-order valence-electron chi connectivity index (χ3n) is 11.2. The predicted molar refractivity (Wildman–Crippen MR) is 213 cm³/mol. The van der Waals surface area contributed by atoms with Crippen LogP contribution in [0.25, 0.3) is 0 Å². The monoisotopic (exact) mass is 782 g/mol. The van der Waals surface area contributed by atoms with Crippen LogP contribution in [0.15, 0.2) is 54.9 Å². The Morgan fingerprint density at radius 3 is 2.20 bits per heavy atom. The van der Waals surface area contributed by atoms with Gasteiger partial charge in [0.2, 0.25) is 11.8 Å². The SMILES string of the molecule is CC(C)C(N)C(=O)O[C@H](CN1C[C@H]2CCCC[C@H]2C[C@H]1C(=O)NC(C)(C)C)[C@H](Cc1ccccc1)NC(=O)[C@@H](NC(=O)c1cccnc1)C(C)(C)S(C)(=O)=O. The Balaban J connectivity index is 1.79. The lowest BCUT2D eigenvalue weighted by atomic mass is 9.72. The van der Waals surface area contributed by atoms with Crippen molar-refractivity contribution in [3.05, 3.63) is 66.0 Å². The van der Waals surface area contributed by atoms with Crippen LogP contribution in [0.2, 0.25) is 0 Å². The first kappa shape index (κ1) is 43.8. The minimum atomic E-state index is -3.94. The quantitative estimate of drug-likeness (QED) is 0.195. The number of fused-ring (bicyclic) bond motifs is 1. The van der Waals surface area contributed by atoms with E-state index >= 15 is 0 Å². The summed E-state index contributed by atoms with van der Waals surface area (Å²) in [6.07, 6.45) is 7.95. The van der Waals surface area contributed by atoms with Crippen molar-refractivity contribution in [3.63, 3.8) is 0 Å². The van der Waals surface area contributed by atoms with Crippen molar-refractivity contribution in [1.29, 1.82) is 0 Å². The highest BCUT2D eigenvalue weighted by Crippen LogP contribution is 2.39. The Bertz CT molecular complexity index is 1730. The van der Waals surface area contributed by atoms with Gasteiger partial charge in [0.25, 0.3) is 5.91 Å². The van der Waals surface area contributed by atoms with Gasteiger partial charge < -0.3 is 26.4 Å². The van der Waals surface area contributed by atoms with Crippen molar-refractivity contribution in [2.45, 2.75) is 128 Å². The molecule has 2 aliphatic rings. The first-order valence-corrected chi connectivity index (χ1v) is 21.3. The van der Waals surface area contributed by atoms with Crippen molar-refractivity contribution in [3.8, 4) is 0 Å². The topological polar surface area (TPSA) is 190 Å². The number of hydrogen-bond acceptors (Lipinski definition) is 10. The van der Waals surface area contributed by atoms with Gasteiger partial charge in [-0.05, 0) is 89.3 Å². The highest BCUT2D eigenvalue weighted by molar-refractivity contribution is 7.92. The van der Waals surface area contributed by atoms with Gasteiger partial charge in [-0.1, -0.05) is 63.4 Å². The molecule has 4 rings (SSSR count). The van der Waals surface area contributed by atoms with Crippen molar-refractivity contribution >= 4 is 33.5 Å². The van der Waals surface area contributed by atoms with E-state index in [1.165, 1.54) is 32.3 Å². The van der Waals surface area contributed by atoms with E-state index in [1.54, 1.807) is 6.07 Å². The molecule has 1 unspecified atom stereocenters. The molecule has 304 valence electrons. The number of piperidine rings is 1. The highest BCUT2D eigenvalue weighted by Gasteiger charge is 2.47. The second-order valence-corrected chi connectivity index (χ2v) is 19.9. The number of esters is 1. The second kappa shape index (κ2) is 18.4. The molecule has 5 N–H and O–H groups in total. The maximum atomic E-state index is 14.6. The molecule has 0 bridgehead atoms. The van der Waals surface area contributed by atoms with Crippen LogP contribution in [0.3, 0.4) is 0 Å². The molecule has 13 nitrogen and oxygen atoms in total. The molecule has 1 saturated heterocycles. The fraction of sp³-hybridized carbons (Fsp3) is 0.634. The number of carbonyl (C=O) groups is 4. The van der Waals surface area contributed by atoms with E-state index in [0.29, 0.717) is 24.8 Å². The third-order valence-corrected chi connectivity index (χ3v) is 13.3. The molecule has 7 atom stereocenters. The van der Waals surface area contributed by atoms with Crippen LogP contribution in [0, 0.1) is 17.8 Å². The number of rotatable bonds is 15. The van der Waals surface area contributed by atoms with Gasteiger partial charge in [-0.3, -0.25) is 29.1 Å². The number of benzene rings is 1. The molecule has 2 aromatic rings. The van der Waals surface area contributed by atoms with E-state index in [9.17, 15) is 27.6 Å². The zero-order valence-electron chi connectivity index (χ0n) is 33.7. The average Bonchev–Trinajstić information content (AvgIpc) is 3.11. The minimum Gasteiger partial charge on any atom is -0.458 e. The first-order valence-electron chi connectivity index (χ1n) is 19.4. The van der Waals surface area contributed by atoms with Gasteiger partial charge in [-0.25, -0.2) is 8.42 Å². The van der Waals surface area contributed by atoms with Gasteiger partial charge >= 0.3 is 5.97 Å². The molecule has 2 heterocycles. The summed E-state index contributed by atoms with van der Waals surface area (Å²) in [5.74, 6) is -1.74. The van der Waals surface area contributed by atoms with E-state index < -0.39 is 68.2 Å². The van der Waals surface area contributed by atoms with Crippen LogP contribution >= 0.6 is 0 Å². The summed E-state index contributed by atoms with van der Waals surface area (Å²) in [4.78, 5) is 61.9. The van der Waals surface area contributed by atoms with E-state index in [1.807, 2.05) is 65.0 Å². The number of nitrogens with one attached hydrogen (secondary N) is 3. The number of carbonyl (C=O) groups excluding carboxylic acids is 4. The Kier molecular flexibility index (Phi) is 14.6. The fourth-order valence-electron chi connectivity index (χ4n) is 7.49. The van der Waals surface area contributed by atoms with Crippen LogP contribution in [-0.4, -0.2) is 102 Å². The second-order valence-electron chi connectivity index (χ2n) is 17.3. The Hall–Kier alpha value is -3.88. The first-order chi connectivity index (χ1) is 25.7. The summed E-state index contributed by atoms with van der Waals surface area (Å²) >= 11 is 0. The zero-order chi connectivity index (χ0) is 40.7. The lowest BCUT2D eigenvalue weighted by Crippen LogP contribution is -2.64. The molecular formula is C41H62N6O7S. The van der Waals surface area contributed by atoms with Crippen LogP contribution in [0.4, 0.5) is 0 Å². The van der Waals surface area contributed by atoms with E-state index in [2.05, 4.69) is 25.8 Å². The molecular weight excluding hydrogens is 721 g/mol. The smallest absolute Gasteiger partial charge is 0.323 e. The molecule has 1 saturated carbocycles. The number of aromatic nitrogens is 1. The summed E-state index contributed by atoms with van der Waals surface area (Å²) in [7, 11) is -3.94. The third kappa shape index (κ3) is 11.8. The predicted octanol–water partition coefficient (Wildman–Crippen LogP) is 3.42. The minimum absolute atomic E-state index is 0.0992. The molecule has 0 spiro atoms. The van der Waals surface area contributed by atoms with Gasteiger partial charge in [-0.15, -0.1) is 0 Å². The maximum absolute atomic E-state index is 14.6. The summed E-state index contributed by atoms with van der Waals surface area (Å²) in [5, 5.41) is 8.84. The Morgan fingerprint density at radius 1 is 0.964 bits per heavy atom. The van der Waals surface area contributed by atoms with Crippen LogP contribution in [0.5, 0.6) is 0 Å². The van der Waals surface area contributed by atoms with Crippen molar-refractivity contribution in [2.75, 3.05) is 19.3 Å². The van der Waals surface area contributed by atoms with Gasteiger partial charge in [0.05, 0.1) is 22.4 Å². The number of hydrogen-bond donors (Lipinski definition) is 4. The molecule has 1 aliphatic heterocycles. The van der Waals surface area contributed by atoms with Crippen molar-refractivity contribution in [1.82, 2.24) is 25.8 Å². The number of nitrogens with two attached hydrogens (primary N) is 1. The molecule has 0 radical (unpaired) electrons. The maximum Gasteiger partial charge on any atom is 0.323 e. The van der Waals surface area contributed by atoms with Crippen LogP contribution in [-0.2, 0) is 35.4 Å². The van der Waals surface area contributed by atoms with Gasteiger partial charge in [0, 0.05) is 37.3 Å². The van der Waals surface area contributed by atoms with Crippen molar-refractivity contribution in [2.24, 2.45) is 23.5 Å². The normalized spacial score (nSPS) is 21.7. The fourth-order valence-corrected chi connectivity index (χ4v) is 8.09. The number of nitrogens with zero attached hydrogens (tertiary/aromatic N) is 2. The molecule has 14 heteroatoms. The van der Waals surface area contributed by atoms with E-state index in [4.69, 9.17) is 10.5 Å². The summed E-state index contributed by atoms with van der Waals surface area (Å²) in [6, 6.07) is 8.45. The summed E-state index contributed by atoms with van der Waals surface area (Å²) < 4.78 is 31.0. The summed E-state index contributed by atoms with van der Waals surface area (Å²) in [5.41, 5.74) is 6.81. The van der Waals surface area contributed by atoms with Gasteiger partial charge in [-0.2, -0.15) is 0 Å². The van der Waals surface area contributed by atoms with Crippen LogP contribution < -0.4 is 21.7 Å². The molecule has 3 amide bonds. The number of sulfone groups is 1. The Morgan fingerprint density at radius 2 is 1.62 bits per heavy atom. The standard InChI is InChI=1S/C41H62N6O7S/c1-26(2)34(42)39(51)54-33(25-47-24-30-18-13-12-17-28(30)22-32(47)37(49)46-40(3,4)5)31(21-27-15-10-9-11-16-27)44-38(50)35(41(6,7)55(8,52)53)45-36(48)29-19-14-20-43-23-29/h9-11,14-16,19-20,23,26,28,30-35H,12-13,17-18,21-22,24-25,42H2,1-8H3,(H,44,50)(H,45,48)(H,46,49)/t28-,30+,31-,32-,33+,34?,35+/m0/s1. The zero-order valence-corrected chi connectivity index (χ0v) is 34.5. The number of pyridine rings is 1. The number of amides is 3. The summed E-state index contributed by atoms with van der Waals surface area (Å²) in [6.45, 7) is 12.9. The van der Waals surface area contributed by atoms with Gasteiger partial charge in [0.1, 0.15) is 18.2 Å². The van der Waals surface area contributed by atoms with Gasteiger partial charge in [0.15, 0.2) is 9.84 Å².